The van der Waals surface area contributed by atoms with Crippen LogP contribution in [-0.2, 0) is 11.2 Å². The van der Waals surface area contributed by atoms with Crippen LogP contribution in [0.25, 0.3) is 11.3 Å². The molecule has 4 nitrogen and oxygen atoms in total. The predicted octanol–water partition coefficient (Wildman–Crippen LogP) is 2.42. The normalized spacial score (nSPS) is 10.0. The Labute approximate surface area is 135 Å². The molecule has 1 aromatic carbocycles. The first-order valence-electron chi connectivity index (χ1n) is 6.63. The third-order valence-corrected chi connectivity index (χ3v) is 3.92. The van der Waals surface area contributed by atoms with Gasteiger partial charge in [0.2, 0.25) is 5.91 Å². The van der Waals surface area contributed by atoms with Crippen molar-refractivity contribution in [2.75, 3.05) is 20.1 Å². The second kappa shape index (κ2) is 8.77. The van der Waals surface area contributed by atoms with Gasteiger partial charge in [0, 0.05) is 23.4 Å². The SMILES string of the molecule is CNCC(=O)NCCc1nc(-c2ccccc2)c(C)s1.Cl. The van der Waals surface area contributed by atoms with Gasteiger partial charge in [0.15, 0.2) is 0 Å². The molecule has 6 heteroatoms. The van der Waals surface area contributed by atoms with Crippen molar-refractivity contribution >= 4 is 29.7 Å². The Kier molecular flexibility index (Phi) is 7.36. The Hall–Kier alpha value is -1.43. The zero-order chi connectivity index (χ0) is 14.4. The molecule has 114 valence electrons. The highest BCUT2D eigenvalue weighted by molar-refractivity contribution is 7.12. The topological polar surface area (TPSA) is 54.0 Å². The lowest BCUT2D eigenvalue weighted by atomic mass is 10.1. The van der Waals surface area contributed by atoms with Crippen molar-refractivity contribution in [1.82, 2.24) is 15.6 Å². The smallest absolute Gasteiger partial charge is 0.233 e. The molecule has 0 fully saturated rings. The van der Waals surface area contributed by atoms with Crippen LogP contribution >= 0.6 is 23.7 Å². The van der Waals surface area contributed by atoms with Crippen molar-refractivity contribution in [2.24, 2.45) is 0 Å². The molecule has 1 amide bonds. The van der Waals surface area contributed by atoms with Crippen LogP contribution in [0, 0.1) is 6.92 Å². The molecule has 0 spiro atoms. The Balaban J connectivity index is 0.00000220. The van der Waals surface area contributed by atoms with Gasteiger partial charge in [-0.3, -0.25) is 4.79 Å². The summed E-state index contributed by atoms with van der Waals surface area (Å²) in [5.41, 5.74) is 2.19. The van der Waals surface area contributed by atoms with Crippen LogP contribution in [0.4, 0.5) is 0 Å². The quantitative estimate of drug-likeness (QED) is 0.857. The molecule has 0 saturated heterocycles. The first-order valence-corrected chi connectivity index (χ1v) is 7.45. The minimum absolute atomic E-state index is 0. The number of benzene rings is 1. The minimum atomic E-state index is 0. The van der Waals surface area contributed by atoms with E-state index in [1.807, 2.05) is 18.2 Å². The van der Waals surface area contributed by atoms with Crippen LogP contribution in [0.1, 0.15) is 9.88 Å². The summed E-state index contributed by atoms with van der Waals surface area (Å²) in [6, 6.07) is 10.2. The van der Waals surface area contributed by atoms with Crippen LogP contribution in [-0.4, -0.2) is 31.0 Å². The van der Waals surface area contributed by atoms with Crippen molar-refractivity contribution in [3.8, 4) is 11.3 Å². The maximum atomic E-state index is 11.3. The van der Waals surface area contributed by atoms with Gasteiger partial charge in [-0.2, -0.15) is 0 Å². The third kappa shape index (κ3) is 5.12. The number of carbonyl (C=O) groups is 1. The van der Waals surface area contributed by atoms with Gasteiger partial charge in [0.1, 0.15) is 0 Å². The van der Waals surface area contributed by atoms with Gasteiger partial charge < -0.3 is 10.6 Å². The van der Waals surface area contributed by atoms with E-state index in [0.29, 0.717) is 13.1 Å². The van der Waals surface area contributed by atoms with E-state index in [-0.39, 0.29) is 18.3 Å². The number of aryl methyl sites for hydroxylation is 1. The van der Waals surface area contributed by atoms with E-state index in [1.54, 1.807) is 18.4 Å². The molecule has 0 unspecified atom stereocenters. The van der Waals surface area contributed by atoms with Crippen LogP contribution in [0.2, 0.25) is 0 Å². The van der Waals surface area contributed by atoms with Gasteiger partial charge in [-0.25, -0.2) is 4.98 Å². The number of halogens is 1. The van der Waals surface area contributed by atoms with E-state index >= 15 is 0 Å². The highest BCUT2D eigenvalue weighted by Crippen LogP contribution is 2.27. The van der Waals surface area contributed by atoms with Gasteiger partial charge in [-0.15, -0.1) is 23.7 Å². The summed E-state index contributed by atoms with van der Waals surface area (Å²) in [5.74, 6) is 0.0176. The average Bonchev–Trinajstić information content (AvgIpc) is 2.81. The molecule has 1 heterocycles. The molecule has 2 rings (SSSR count). The van der Waals surface area contributed by atoms with Crippen molar-refractivity contribution in [3.63, 3.8) is 0 Å². The van der Waals surface area contributed by atoms with Gasteiger partial charge >= 0.3 is 0 Å². The summed E-state index contributed by atoms with van der Waals surface area (Å²) in [6.07, 6.45) is 0.772. The zero-order valence-corrected chi connectivity index (χ0v) is 13.8. The van der Waals surface area contributed by atoms with Gasteiger partial charge in [0.05, 0.1) is 17.2 Å². The number of nitrogens with zero attached hydrogens (tertiary/aromatic N) is 1. The maximum Gasteiger partial charge on any atom is 0.233 e. The fourth-order valence-electron chi connectivity index (χ4n) is 1.95. The van der Waals surface area contributed by atoms with E-state index in [2.05, 4.69) is 34.7 Å². The number of hydrogen-bond acceptors (Lipinski definition) is 4. The van der Waals surface area contributed by atoms with Crippen molar-refractivity contribution in [1.29, 1.82) is 0 Å². The van der Waals surface area contributed by atoms with Gasteiger partial charge in [-0.05, 0) is 14.0 Å². The highest BCUT2D eigenvalue weighted by Gasteiger charge is 2.09. The average molecular weight is 326 g/mol. The van der Waals surface area contributed by atoms with Crippen LogP contribution in [0.5, 0.6) is 0 Å². The van der Waals surface area contributed by atoms with Gasteiger partial charge in [0.25, 0.3) is 0 Å². The van der Waals surface area contributed by atoms with Crippen LogP contribution in [0.15, 0.2) is 30.3 Å². The number of aromatic nitrogens is 1. The molecule has 0 aliphatic rings. The molecule has 21 heavy (non-hydrogen) atoms. The van der Waals surface area contributed by atoms with E-state index in [1.165, 1.54) is 4.88 Å². The Morgan fingerprint density at radius 3 is 2.67 bits per heavy atom. The van der Waals surface area contributed by atoms with E-state index in [9.17, 15) is 4.79 Å². The number of nitrogens with one attached hydrogen (secondary N) is 2. The van der Waals surface area contributed by atoms with Crippen LogP contribution in [0.3, 0.4) is 0 Å². The Morgan fingerprint density at radius 2 is 2.00 bits per heavy atom. The predicted molar refractivity (Wildman–Crippen MR) is 90.2 cm³/mol. The number of rotatable bonds is 6. The summed E-state index contributed by atoms with van der Waals surface area (Å²) in [5, 5.41) is 6.75. The summed E-state index contributed by atoms with van der Waals surface area (Å²) < 4.78 is 0. The summed E-state index contributed by atoms with van der Waals surface area (Å²) in [7, 11) is 1.76. The number of carbonyl (C=O) groups excluding carboxylic acids is 1. The molecular weight excluding hydrogens is 306 g/mol. The molecular formula is C15H20ClN3OS. The lowest BCUT2D eigenvalue weighted by molar-refractivity contribution is -0.120. The highest BCUT2D eigenvalue weighted by atomic mass is 35.5. The fraction of sp³-hybridized carbons (Fsp3) is 0.333. The second-order valence-electron chi connectivity index (χ2n) is 4.51. The first kappa shape index (κ1) is 17.6. The minimum Gasteiger partial charge on any atom is -0.355 e. The molecule has 0 bridgehead atoms. The summed E-state index contributed by atoms with van der Waals surface area (Å²) in [6.45, 7) is 3.07. The number of hydrogen-bond donors (Lipinski definition) is 2. The van der Waals surface area contributed by atoms with E-state index in [0.717, 1.165) is 22.7 Å². The summed E-state index contributed by atoms with van der Waals surface area (Å²) in [4.78, 5) is 17.2. The fourth-order valence-corrected chi connectivity index (χ4v) is 2.91. The maximum absolute atomic E-state index is 11.3. The molecule has 1 aromatic heterocycles. The number of thiazole rings is 1. The van der Waals surface area contributed by atoms with Crippen LogP contribution < -0.4 is 10.6 Å². The molecule has 0 saturated carbocycles. The molecule has 2 N–H and O–H groups in total. The Morgan fingerprint density at radius 1 is 1.29 bits per heavy atom. The lowest BCUT2D eigenvalue weighted by Gasteiger charge is -2.02. The zero-order valence-electron chi connectivity index (χ0n) is 12.2. The largest absolute Gasteiger partial charge is 0.355 e. The molecule has 0 aliphatic carbocycles. The number of likely N-dealkylation sites (N-methyl/N-ethyl adjacent to an activating group) is 1. The lowest BCUT2D eigenvalue weighted by Crippen LogP contribution is -2.33. The molecule has 2 aromatic rings. The Bertz CT molecular complexity index is 572. The number of amides is 1. The molecule has 0 aliphatic heterocycles. The second-order valence-corrected chi connectivity index (χ2v) is 5.80. The third-order valence-electron chi connectivity index (χ3n) is 2.89. The standard InChI is InChI=1S/C15H19N3OS.ClH/c1-11-15(12-6-4-3-5-7-12)18-14(20-11)8-9-17-13(19)10-16-2;/h3-7,16H,8-10H2,1-2H3,(H,17,19);1H. The first-order chi connectivity index (χ1) is 9.70. The van der Waals surface area contributed by atoms with Crippen molar-refractivity contribution in [3.05, 3.63) is 40.2 Å². The summed E-state index contributed by atoms with van der Waals surface area (Å²) >= 11 is 1.70. The molecule has 0 radical (unpaired) electrons. The molecule has 0 atom stereocenters. The van der Waals surface area contributed by atoms with E-state index < -0.39 is 0 Å². The monoisotopic (exact) mass is 325 g/mol. The van der Waals surface area contributed by atoms with E-state index in [4.69, 9.17) is 0 Å². The van der Waals surface area contributed by atoms with Gasteiger partial charge in [-0.1, -0.05) is 30.3 Å². The van der Waals surface area contributed by atoms with Crippen molar-refractivity contribution < 1.29 is 4.79 Å². The van der Waals surface area contributed by atoms with Crippen molar-refractivity contribution in [2.45, 2.75) is 13.3 Å².